The Morgan fingerprint density at radius 3 is 2.17 bits per heavy atom. The van der Waals surface area contributed by atoms with Gasteiger partial charge in [-0.3, -0.25) is 0 Å². The Bertz CT molecular complexity index is 921. The molecule has 0 saturated carbocycles. The highest BCUT2D eigenvalue weighted by atomic mass is 32.1. The normalized spacial score (nSPS) is 11.4. The molecule has 156 valence electrons. The smallest absolute Gasteiger partial charge is 0.139 e. The predicted molar refractivity (Wildman–Crippen MR) is 125 cm³/mol. The molecule has 6 heteroatoms. The number of benzene rings is 2. The molecule has 0 radical (unpaired) electrons. The minimum Gasteiger partial charge on any atom is -0.508 e. The van der Waals surface area contributed by atoms with Gasteiger partial charge in [0, 0.05) is 30.4 Å². The zero-order chi connectivity index (χ0) is 21.7. The molecule has 5 nitrogen and oxygen atoms in total. The summed E-state index contributed by atoms with van der Waals surface area (Å²) in [5.41, 5.74) is 3.44. The Balaban J connectivity index is 2.65. The van der Waals surface area contributed by atoms with Crippen LogP contribution in [0.1, 0.15) is 38.8 Å². The summed E-state index contributed by atoms with van der Waals surface area (Å²) in [6.45, 7) is 13.4. The lowest BCUT2D eigenvalue weighted by Crippen LogP contribution is -2.23. The number of thiol groups is 1. The summed E-state index contributed by atoms with van der Waals surface area (Å²) < 4.78 is 0. The van der Waals surface area contributed by atoms with Crippen LogP contribution >= 0.6 is 12.6 Å². The van der Waals surface area contributed by atoms with Gasteiger partial charge in [0.2, 0.25) is 0 Å². The summed E-state index contributed by atoms with van der Waals surface area (Å²) >= 11 is 4.49. The lowest BCUT2D eigenvalue weighted by Gasteiger charge is -2.30. The topological polar surface area (TPSA) is 67.2 Å². The molecule has 0 saturated heterocycles. The molecule has 0 aliphatic heterocycles. The summed E-state index contributed by atoms with van der Waals surface area (Å²) in [7, 11) is 0. The molecule has 0 unspecified atom stereocenters. The lowest BCUT2D eigenvalue weighted by atomic mass is 10.0. The van der Waals surface area contributed by atoms with Gasteiger partial charge in [-0.2, -0.15) is 0 Å². The third-order valence-corrected chi connectivity index (χ3v) is 5.15. The minimum absolute atomic E-state index is 0.0323. The van der Waals surface area contributed by atoms with Crippen LogP contribution in [0.25, 0.3) is 5.70 Å². The van der Waals surface area contributed by atoms with E-state index in [1.807, 2.05) is 39.8 Å². The summed E-state index contributed by atoms with van der Waals surface area (Å²) in [5, 5.41) is 31.4. The molecule has 0 bridgehead atoms. The van der Waals surface area contributed by atoms with Crippen LogP contribution in [-0.2, 0) is 6.42 Å². The van der Waals surface area contributed by atoms with Crippen molar-refractivity contribution in [2.24, 2.45) is 0 Å². The van der Waals surface area contributed by atoms with Crippen LogP contribution in [0.5, 0.6) is 17.2 Å². The summed E-state index contributed by atoms with van der Waals surface area (Å²) in [6.07, 6.45) is 2.49. The Hall–Kier alpha value is -2.73. The first kappa shape index (κ1) is 22.6. The van der Waals surface area contributed by atoms with Crippen LogP contribution in [0.3, 0.4) is 0 Å². The number of hydrogen-bond donors (Lipinski definition) is 4. The molecule has 2 aromatic rings. The van der Waals surface area contributed by atoms with Crippen LogP contribution in [0, 0.1) is 0 Å². The monoisotopic (exact) mass is 414 g/mol. The van der Waals surface area contributed by atoms with Gasteiger partial charge in [0.05, 0.1) is 16.4 Å². The van der Waals surface area contributed by atoms with E-state index in [0.717, 1.165) is 24.3 Å². The lowest BCUT2D eigenvalue weighted by molar-refractivity contribution is 0.445. The van der Waals surface area contributed by atoms with Gasteiger partial charge in [0.25, 0.3) is 0 Å². The molecule has 0 aliphatic rings. The molecular weight excluding hydrogens is 384 g/mol. The van der Waals surface area contributed by atoms with E-state index in [1.54, 1.807) is 23.1 Å². The van der Waals surface area contributed by atoms with Crippen molar-refractivity contribution >= 4 is 29.7 Å². The Morgan fingerprint density at radius 1 is 1.00 bits per heavy atom. The zero-order valence-corrected chi connectivity index (χ0v) is 18.4. The maximum Gasteiger partial charge on any atom is 0.139 e. The van der Waals surface area contributed by atoms with Gasteiger partial charge >= 0.3 is 0 Å². The van der Waals surface area contributed by atoms with E-state index < -0.39 is 0 Å². The number of phenolic OH excluding ortho intramolecular Hbond substituents is 3. The van der Waals surface area contributed by atoms with Crippen molar-refractivity contribution in [1.82, 2.24) is 0 Å². The molecule has 0 heterocycles. The highest BCUT2D eigenvalue weighted by Crippen LogP contribution is 2.40. The fraction of sp³-hybridized carbons (Fsp3) is 0.304. The van der Waals surface area contributed by atoms with Gasteiger partial charge in [0.1, 0.15) is 17.2 Å². The molecule has 0 aliphatic carbocycles. The van der Waals surface area contributed by atoms with Crippen molar-refractivity contribution in [3.8, 4) is 17.2 Å². The minimum atomic E-state index is -0.0323. The van der Waals surface area contributed by atoms with E-state index >= 15 is 0 Å². The molecule has 0 fully saturated rings. The summed E-state index contributed by atoms with van der Waals surface area (Å²) in [6, 6.07) is 8.44. The van der Waals surface area contributed by atoms with E-state index in [4.69, 9.17) is 0 Å². The van der Waals surface area contributed by atoms with Crippen LogP contribution in [0.4, 0.5) is 11.4 Å². The number of aryl methyl sites for hydroxylation is 1. The third-order valence-electron chi connectivity index (χ3n) is 4.95. The number of rotatable bonds is 8. The van der Waals surface area contributed by atoms with Crippen LogP contribution in [0.15, 0.2) is 48.0 Å². The number of nitrogens with zero attached hydrogens (tertiary/aromatic N) is 2. The van der Waals surface area contributed by atoms with Crippen molar-refractivity contribution in [1.29, 1.82) is 0 Å². The fourth-order valence-electron chi connectivity index (χ4n) is 3.41. The molecule has 0 aromatic heterocycles. The third kappa shape index (κ3) is 4.65. The van der Waals surface area contributed by atoms with Gasteiger partial charge in [0.15, 0.2) is 0 Å². The van der Waals surface area contributed by atoms with Gasteiger partial charge in [-0.25, -0.2) is 0 Å². The second-order valence-corrected chi connectivity index (χ2v) is 7.14. The Morgan fingerprint density at radius 2 is 1.66 bits per heavy atom. The predicted octanol–water partition coefficient (Wildman–Crippen LogP) is 5.48. The molecular formula is C23H30N2O3S. The first-order valence-electron chi connectivity index (χ1n) is 9.76. The largest absolute Gasteiger partial charge is 0.508 e. The Kier molecular flexibility index (Phi) is 7.51. The van der Waals surface area contributed by atoms with Crippen molar-refractivity contribution in [2.75, 3.05) is 22.9 Å². The first-order chi connectivity index (χ1) is 13.8. The van der Waals surface area contributed by atoms with Gasteiger partial charge < -0.3 is 25.1 Å². The van der Waals surface area contributed by atoms with Gasteiger partial charge in [-0.15, -0.1) is 12.6 Å². The SMILES string of the molecule is C=C(S)N(/C(=C\C)c1cc(CC)c(O)cc1O)c1ccc(O)c(N(CC)CC)c1. The average Bonchev–Trinajstić information content (AvgIpc) is 2.69. The van der Waals surface area contributed by atoms with Crippen molar-refractivity contribution in [3.05, 3.63) is 59.1 Å². The number of aromatic hydroxyl groups is 3. The van der Waals surface area contributed by atoms with E-state index in [0.29, 0.717) is 28.4 Å². The molecule has 29 heavy (non-hydrogen) atoms. The zero-order valence-electron chi connectivity index (χ0n) is 17.5. The van der Waals surface area contributed by atoms with Crippen LogP contribution in [0.2, 0.25) is 0 Å². The highest BCUT2D eigenvalue weighted by molar-refractivity contribution is 7.84. The molecule has 2 aromatic carbocycles. The fourth-order valence-corrected chi connectivity index (χ4v) is 3.63. The maximum absolute atomic E-state index is 10.5. The highest BCUT2D eigenvalue weighted by Gasteiger charge is 2.21. The van der Waals surface area contributed by atoms with E-state index in [1.165, 1.54) is 6.07 Å². The summed E-state index contributed by atoms with van der Waals surface area (Å²) in [4.78, 5) is 3.86. The van der Waals surface area contributed by atoms with E-state index in [9.17, 15) is 15.3 Å². The summed E-state index contributed by atoms with van der Waals surface area (Å²) in [5.74, 6) is 0.231. The van der Waals surface area contributed by atoms with Gasteiger partial charge in [-0.05, 0) is 57.0 Å². The molecule has 0 spiro atoms. The van der Waals surface area contributed by atoms with Crippen molar-refractivity contribution in [2.45, 2.75) is 34.1 Å². The number of allylic oxidation sites excluding steroid dienone is 1. The van der Waals surface area contributed by atoms with Crippen molar-refractivity contribution < 1.29 is 15.3 Å². The Labute approximate surface area is 178 Å². The first-order valence-corrected chi connectivity index (χ1v) is 10.2. The number of phenols is 3. The number of hydrogen-bond acceptors (Lipinski definition) is 6. The second kappa shape index (κ2) is 9.65. The molecule has 2 rings (SSSR count). The van der Waals surface area contributed by atoms with Crippen molar-refractivity contribution in [3.63, 3.8) is 0 Å². The van der Waals surface area contributed by atoms with Crippen LogP contribution in [-0.4, -0.2) is 28.4 Å². The average molecular weight is 415 g/mol. The maximum atomic E-state index is 10.5. The second-order valence-electron chi connectivity index (χ2n) is 6.62. The number of anilines is 2. The van der Waals surface area contributed by atoms with Crippen LogP contribution < -0.4 is 9.80 Å². The molecule has 3 N–H and O–H groups in total. The van der Waals surface area contributed by atoms with Gasteiger partial charge in [-0.1, -0.05) is 19.6 Å². The van der Waals surface area contributed by atoms with E-state index in [-0.39, 0.29) is 17.2 Å². The quantitative estimate of drug-likeness (QED) is 0.431. The molecule has 0 amide bonds. The van der Waals surface area contributed by atoms with E-state index in [2.05, 4.69) is 24.1 Å². The standard InChI is InChI=1S/C23H30N2O3S/c1-6-16-12-18(23(28)14-22(16)27)19(7-2)25(15(5)29)17-10-11-21(26)20(13-17)24(8-3)9-4/h7,10-14,26-29H,5-6,8-9H2,1-4H3/b19-7-. The molecule has 0 atom stereocenters.